The molecule has 0 atom stereocenters. The molecule has 0 aliphatic heterocycles. The molecule has 0 unspecified atom stereocenters. The first-order valence-corrected chi connectivity index (χ1v) is 6.72. The largest absolute Gasteiger partial charge is 0.495 e. The van der Waals surface area contributed by atoms with Crippen molar-refractivity contribution in [2.45, 2.75) is 13.5 Å². The van der Waals surface area contributed by atoms with Crippen LogP contribution in [0.1, 0.15) is 11.1 Å². The number of ether oxygens (including phenoxy) is 1. The predicted molar refractivity (Wildman–Crippen MR) is 79.2 cm³/mol. The Morgan fingerprint density at radius 2 is 2.05 bits per heavy atom. The lowest BCUT2D eigenvalue weighted by Crippen LogP contribution is -2.03. The van der Waals surface area contributed by atoms with Crippen LogP contribution in [0.15, 0.2) is 40.9 Å². The Labute approximate surface area is 120 Å². The molecular weight excluding hydrogens is 309 g/mol. The van der Waals surface area contributed by atoms with Gasteiger partial charge in [-0.2, -0.15) is 0 Å². The number of aryl methyl sites for hydroxylation is 1. The van der Waals surface area contributed by atoms with Crippen LogP contribution in [-0.2, 0) is 6.54 Å². The van der Waals surface area contributed by atoms with E-state index in [1.807, 2.05) is 31.2 Å². The molecule has 2 rings (SSSR count). The first-order valence-electron chi connectivity index (χ1n) is 5.93. The van der Waals surface area contributed by atoms with E-state index in [1.165, 1.54) is 6.07 Å². The number of methoxy groups -OCH3 is 1. The van der Waals surface area contributed by atoms with E-state index < -0.39 is 0 Å². The van der Waals surface area contributed by atoms with Crippen LogP contribution in [-0.4, -0.2) is 7.11 Å². The third kappa shape index (κ3) is 3.26. The van der Waals surface area contributed by atoms with Crippen molar-refractivity contribution in [3.05, 3.63) is 57.8 Å². The Balaban J connectivity index is 2.18. The summed E-state index contributed by atoms with van der Waals surface area (Å²) >= 11 is 3.26. The number of benzene rings is 2. The quantitative estimate of drug-likeness (QED) is 0.893. The Kier molecular flexibility index (Phi) is 4.43. The van der Waals surface area contributed by atoms with Crippen LogP contribution in [0.25, 0.3) is 0 Å². The molecule has 0 bridgehead atoms. The van der Waals surface area contributed by atoms with Crippen LogP contribution in [0.5, 0.6) is 5.75 Å². The second-order valence-corrected chi connectivity index (χ2v) is 5.06. The molecule has 2 aromatic rings. The highest BCUT2D eigenvalue weighted by atomic mass is 79.9. The summed E-state index contributed by atoms with van der Waals surface area (Å²) in [6.45, 7) is 2.54. The average Bonchev–Trinajstić information content (AvgIpc) is 2.40. The van der Waals surface area contributed by atoms with Crippen LogP contribution in [0, 0.1) is 12.7 Å². The van der Waals surface area contributed by atoms with E-state index in [4.69, 9.17) is 4.74 Å². The van der Waals surface area contributed by atoms with Crippen molar-refractivity contribution in [3.8, 4) is 5.75 Å². The minimum Gasteiger partial charge on any atom is -0.495 e. The zero-order valence-corrected chi connectivity index (χ0v) is 12.4. The molecule has 0 fully saturated rings. The lowest BCUT2D eigenvalue weighted by molar-refractivity contribution is 0.416. The number of anilines is 1. The number of rotatable bonds is 4. The number of halogens is 2. The highest BCUT2D eigenvalue weighted by Gasteiger charge is 2.07. The normalized spacial score (nSPS) is 10.3. The van der Waals surface area contributed by atoms with Crippen molar-refractivity contribution in [1.29, 1.82) is 0 Å². The minimum atomic E-state index is -0.254. The predicted octanol–water partition coefficient (Wildman–Crippen LogP) is 4.52. The number of hydrogen-bond acceptors (Lipinski definition) is 2. The standard InChI is InChI=1S/C15H15BrFNO/c1-10-6-7-14(19-2)13(8-10)18-9-11-4-3-5-12(17)15(11)16/h3-8,18H,9H2,1-2H3. The summed E-state index contributed by atoms with van der Waals surface area (Å²) in [5.41, 5.74) is 2.91. The summed E-state index contributed by atoms with van der Waals surface area (Å²) in [5.74, 6) is 0.522. The third-order valence-corrected chi connectivity index (χ3v) is 3.74. The molecule has 4 heteroatoms. The average molecular weight is 324 g/mol. The molecule has 100 valence electrons. The highest BCUT2D eigenvalue weighted by Crippen LogP contribution is 2.27. The van der Waals surface area contributed by atoms with E-state index in [2.05, 4.69) is 21.2 Å². The second-order valence-electron chi connectivity index (χ2n) is 4.27. The maximum Gasteiger partial charge on any atom is 0.141 e. The van der Waals surface area contributed by atoms with Crippen LogP contribution < -0.4 is 10.1 Å². The van der Waals surface area contributed by atoms with Gasteiger partial charge in [0.1, 0.15) is 11.6 Å². The van der Waals surface area contributed by atoms with Gasteiger partial charge in [0.05, 0.1) is 17.3 Å². The van der Waals surface area contributed by atoms with Crippen LogP contribution in [0.3, 0.4) is 0 Å². The number of hydrogen-bond donors (Lipinski definition) is 1. The molecule has 0 heterocycles. The second kappa shape index (κ2) is 6.06. The SMILES string of the molecule is COc1ccc(C)cc1NCc1cccc(F)c1Br. The Morgan fingerprint density at radius 1 is 1.26 bits per heavy atom. The maximum atomic E-state index is 13.4. The van der Waals surface area contributed by atoms with Crippen molar-refractivity contribution in [2.24, 2.45) is 0 Å². The van der Waals surface area contributed by atoms with E-state index in [0.717, 1.165) is 22.6 Å². The summed E-state index contributed by atoms with van der Waals surface area (Å²) < 4.78 is 19.2. The molecule has 2 nitrogen and oxygen atoms in total. The first kappa shape index (κ1) is 13.9. The van der Waals surface area contributed by atoms with Crippen LogP contribution in [0.2, 0.25) is 0 Å². The molecule has 0 aliphatic rings. The minimum absolute atomic E-state index is 0.254. The topological polar surface area (TPSA) is 21.3 Å². The Bertz CT molecular complexity index is 586. The summed E-state index contributed by atoms with van der Waals surface area (Å²) in [6.07, 6.45) is 0. The van der Waals surface area contributed by atoms with Crippen LogP contribution >= 0.6 is 15.9 Å². The lowest BCUT2D eigenvalue weighted by Gasteiger charge is -2.13. The van der Waals surface area contributed by atoms with E-state index >= 15 is 0 Å². The van der Waals surface area contributed by atoms with Crippen molar-refractivity contribution in [1.82, 2.24) is 0 Å². The molecule has 2 aromatic carbocycles. The summed E-state index contributed by atoms with van der Waals surface area (Å²) in [6, 6.07) is 10.9. The third-order valence-electron chi connectivity index (χ3n) is 2.86. The fourth-order valence-electron chi connectivity index (χ4n) is 1.84. The zero-order valence-electron chi connectivity index (χ0n) is 10.8. The number of nitrogens with one attached hydrogen (secondary N) is 1. The van der Waals surface area contributed by atoms with Gasteiger partial charge in [0, 0.05) is 6.54 Å². The van der Waals surface area contributed by atoms with Gasteiger partial charge in [-0.15, -0.1) is 0 Å². The van der Waals surface area contributed by atoms with Gasteiger partial charge in [-0.25, -0.2) is 4.39 Å². The molecule has 0 saturated carbocycles. The van der Waals surface area contributed by atoms with Crippen molar-refractivity contribution < 1.29 is 9.13 Å². The van der Waals surface area contributed by atoms with Gasteiger partial charge in [0.25, 0.3) is 0 Å². The molecule has 0 spiro atoms. The Hall–Kier alpha value is -1.55. The maximum absolute atomic E-state index is 13.4. The lowest BCUT2D eigenvalue weighted by atomic mass is 10.2. The van der Waals surface area contributed by atoms with Gasteiger partial charge in [0.15, 0.2) is 0 Å². The van der Waals surface area contributed by atoms with E-state index in [1.54, 1.807) is 13.2 Å². The van der Waals surface area contributed by atoms with Gasteiger partial charge in [-0.1, -0.05) is 18.2 Å². The van der Waals surface area contributed by atoms with Gasteiger partial charge < -0.3 is 10.1 Å². The molecule has 0 aliphatic carbocycles. The van der Waals surface area contributed by atoms with E-state index in [9.17, 15) is 4.39 Å². The molecule has 0 amide bonds. The monoisotopic (exact) mass is 323 g/mol. The molecule has 0 radical (unpaired) electrons. The molecule has 0 saturated heterocycles. The summed E-state index contributed by atoms with van der Waals surface area (Å²) in [4.78, 5) is 0. The fraction of sp³-hybridized carbons (Fsp3) is 0.200. The molecule has 19 heavy (non-hydrogen) atoms. The van der Waals surface area contributed by atoms with Crippen molar-refractivity contribution in [3.63, 3.8) is 0 Å². The zero-order chi connectivity index (χ0) is 13.8. The highest BCUT2D eigenvalue weighted by molar-refractivity contribution is 9.10. The Morgan fingerprint density at radius 3 is 2.79 bits per heavy atom. The van der Waals surface area contributed by atoms with Gasteiger partial charge in [-0.3, -0.25) is 0 Å². The summed E-state index contributed by atoms with van der Waals surface area (Å²) in [7, 11) is 1.63. The van der Waals surface area contributed by atoms with E-state index in [0.29, 0.717) is 11.0 Å². The van der Waals surface area contributed by atoms with Gasteiger partial charge >= 0.3 is 0 Å². The molecule has 0 aromatic heterocycles. The first-order chi connectivity index (χ1) is 9.11. The van der Waals surface area contributed by atoms with Crippen molar-refractivity contribution >= 4 is 21.6 Å². The van der Waals surface area contributed by atoms with E-state index in [-0.39, 0.29) is 5.82 Å². The van der Waals surface area contributed by atoms with Crippen LogP contribution in [0.4, 0.5) is 10.1 Å². The van der Waals surface area contributed by atoms with Gasteiger partial charge in [0.2, 0.25) is 0 Å². The smallest absolute Gasteiger partial charge is 0.141 e. The molecule has 1 N–H and O–H groups in total. The fourth-order valence-corrected chi connectivity index (χ4v) is 2.24. The summed E-state index contributed by atoms with van der Waals surface area (Å²) in [5, 5.41) is 3.27. The molecular formula is C15H15BrFNO. The van der Waals surface area contributed by atoms with Gasteiger partial charge in [-0.05, 0) is 52.2 Å². The van der Waals surface area contributed by atoms with Crippen molar-refractivity contribution in [2.75, 3.05) is 12.4 Å².